The Bertz CT molecular complexity index is 1480. The molecule has 2 heterocycles. The average Bonchev–Trinajstić information content (AvgIpc) is 3.31. The van der Waals surface area contributed by atoms with Gasteiger partial charge in [0.2, 0.25) is 0 Å². The van der Waals surface area contributed by atoms with Gasteiger partial charge in [0.05, 0.1) is 25.0 Å². The van der Waals surface area contributed by atoms with Crippen molar-refractivity contribution >= 4 is 39.3 Å². The van der Waals surface area contributed by atoms with E-state index >= 15 is 0 Å². The summed E-state index contributed by atoms with van der Waals surface area (Å²) in [6.07, 6.45) is 1.15. The molecule has 0 amide bonds. The van der Waals surface area contributed by atoms with Crippen molar-refractivity contribution in [3.05, 3.63) is 70.1 Å². The third-order valence-corrected chi connectivity index (χ3v) is 9.88. The number of fused-ring (bicyclic) bond motifs is 4. The van der Waals surface area contributed by atoms with Crippen molar-refractivity contribution in [2.45, 2.75) is 62.3 Å². The van der Waals surface area contributed by atoms with E-state index in [9.17, 15) is 19.5 Å². The Balaban J connectivity index is 0.000000277. The number of rotatable bonds is 8. The van der Waals surface area contributed by atoms with Crippen LogP contribution in [-0.2, 0) is 36.7 Å². The number of nitrogens with zero attached hydrogens (tertiary/aromatic N) is 1. The largest absolute Gasteiger partial charge is 0.481 e. The molecule has 0 radical (unpaired) electrons. The van der Waals surface area contributed by atoms with Crippen LogP contribution in [0, 0.1) is 12.8 Å². The molecule has 43 heavy (non-hydrogen) atoms. The highest BCUT2D eigenvalue weighted by Gasteiger charge is 2.53. The van der Waals surface area contributed by atoms with Crippen LogP contribution in [0.5, 0.6) is 0 Å². The third-order valence-electron chi connectivity index (χ3n) is 8.49. The molecule has 1 aliphatic heterocycles. The van der Waals surface area contributed by atoms with Crippen molar-refractivity contribution in [1.82, 2.24) is 4.90 Å². The fraction of sp³-hybridized carbons (Fsp3) is 0.469. The van der Waals surface area contributed by atoms with Crippen molar-refractivity contribution in [1.29, 1.82) is 0 Å². The number of carboxylic acids is 3. The number of aryl methyl sites for hydroxylation is 1. The SMILES string of the molecule is Cc1ccccc1C1(O)CCC2(CC1CN(C)C)OCCc1c2sc2ccccc12.O=C(O)CC(O)(CC(=O)O)C(=O)O. The molecule has 10 nitrogen and oxygen atoms in total. The molecule has 1 fully saturated rings. The third kappa shape index (κ3) is 6.76. The molecule has 1 aliphatic carbocycles. The van der Waals surface area contributed by atoms with Gasteiger partial charge in [0.25, 0.3) is 0 Å². The Morgan fingerprint density at radius 2 is 1.63 bits per heavy atom. The van der Waals surface area contributed by atoms with Gasteiger partial charge in [-0.1, -0.05) is 42.5 Å². The molecule has 1 saturated carbocycles. The number of hydrogen-bond donors (Lipinski definition) is 5. The van der Waals surface area contributed by atoms with Gasteiger partial charge in [-0.15, -0.1) is 11.3 Å². The van der Waals surface area contributed by atoms with Crippen LogP contribution in [0.15, 0.2) is 48.5 Å². The first-order chi connectivity index (χ1) is 20.2. The van der Waals surface area contributed by atoms with Crippen LogP contribution in [0.2, 0.25) is 0 Å². The van der Waals surface area contributed by atoms with Gasteiger partial charge in [0.1, 0.15) is 5.60 Å². The van der Waals surface area contributed by atoms with Gasteiger partial charge in [0, 0.05) is 22.0 Å². The lowest BCUT2D eigenvalue weighted by Gasteiger charge is -2.51. The molecule has 5 N–H and O–H groups in total. The summed E-state index contributed by atoms with van der Waals surface area (Å²) in [6, 6.07) is 17.1. The second kappa shape index (κ2) is 12.7. The van der Waals surface area contributed by atoms with E-state index in [0.717, 1.165) is 44.4 Å². The fourth-order valence-electron chi connectivity index (χ4n) is 6.52. The first-order valence-corrected chi connectivity index (χ1v) is 15.0. The number of hydrogen-bond acceptors (Lipinski definition) is 8. The molecule has 5 rings (SSSR count). The van der Waals surface area contributed by atoms with Crippen molar-refractivity contribution < 1.29 is 44.7 Å². The van der Waals surface area contributed by atoms with Gasteiger partial charge < -0.3 is 35.2 Å². The Kier molecular flexibility index (Phi) is 9.63. The van der Waals surface area contributed by atoms with E-state index < -0.39 is 42.0 Å². The lowest BCUT2D eigenvalue weighted by molar-refractivity contribution is -0.170. The van der Waals surface area contributed by atoms with Gasteiger partial charge in [-0.05, 0) is 74.8 Å². The van der Waals surface area contributed by atoms with Gasteiger partial charge in [-0.2, -0.15) is 0 Å². The smallest absolute Gasteiger partial charge is 0.336 e. The molecule has 3 atom stereocenters. The Morgan fingerprint density at radius 1 is 1.00 bits per heavy atom. The van der Waals surface area contributed by atoms with Crippen LogP contribution in [0.25, 0.3) is 10.1 Å². The second-order valence-electron chi connectivity index (χ2n) is 11.9. The highest BCUT2D eigenvalue weighted by atomic mass is 32.1. The van der Waals surface area contributed by atoms with E-state index in [1.54, 1.807) is 0 Å². The van der Waals surface area contributed by atoms with Crippen molar-refractivity contribution in [3.8, 4) is 0 Å². The summed E-state index contributed by atoms with van der Waals surface area (Å²) in [5.74, 6) is -4.91. The monoisotopic (exact) mass is 613 g/mol. The predicted molar refractivity (Wildman–Crippen MR) is 161 cm³/mol. The predicted octanol–water partition coefficient (Wildman–Crippen LogP) is 3.98. The summed E-state index contributed by atoms with van der Waals surface area (Å²) >= 11 is 1.90. The molecule has 232 valence electrons. The van der Waals surface area contributed by atoms with E-state index in [1.165, 1.54) is 26.1 Å². The Labute approximate surface area is 254 Å². The number of aliphatic carboxylic acids is 3. The number of benzene rings is 2. The van der Waals surface area contributed by atoms with Crippen LogP contribution in [-0.4, -0.2) is 81.2 Å². The number of thiophene rings is 1. The van der Waals surface area contributed by atoms with Crippen molar-refractivity contribution in [3.63, 3.8) is 0 Å². The van der Waals surface area contributed by atoms with Gasteiger partial charge in [-0.3, -0.25) is 9.59 Å². The maximum atomic E-state index is 12.1. The van der Waals surface area contributed by atoms with Crippen LogP contribution >= 0.6 is 11.3 Å². The molecule has 1 aromatic heterocycles. The van der Waals surface area contributed by atoms with Gasteiger partial charge >= 0.3 is 17.9 Å². The van der Waals surface area contributed by atoms with Crippen molar-refractivity contribution in [2.24, 2.45) is 5.92 Å². The molecule has 3 unspecified atom stereocenters. The second-order valence-corrected chi connectivity index (χ2v) is 12.9. The van der Waals surface area contributed by atoms with E-state index in [4.69, 9.17) is 25.2 Å². The number of aliphatic hydroxyl groups is 2. The minimum Gasteiger partial charge on any atom is -0.481 e. The first-order valence-electron chi connectivity index (χ1n) is 14.2. The summed E-state index contributed by atoms with van der Waals surface area (Å²) in [6.45, 7) is 3.73. The number of carboxylic acid groups (broad SMARTS) is 3. The maximum absolute atomic E-state index is 12.1. The van der Waals surface area contributed by atoms with E-state index in [2.05, 4.69) is 74.4 Å². The van der Waals surface area contributed by atoms with Crippen LogP contribution in [0.4, 0.5) is 0 Å². The van der Waals surface area contributed by atoms with Crippen molar-refractivity contribution in [2.75, 3.05) is 27.2 Å². The van der Waals surface area contributed by atoms with Gasteiger partial charge in [0.15, 0.2) is 5.60 Å². The highest BCUT2D eigenvalue weighted by molar-refractivity contribution is 7.19. The Morgan fingerprint density at radius 3 is 2.23 bits per heavy atom. The fourth-order valence-corrected chi connectivity index (χ4v) is 7.95. The minimum absolute atomic E-state index is 0.110. The van der Waals surface area contributed by atoms with Crippen LogP contribution < -0.4 is 0 Å². The zero-order chi connectivity index (χ0) is 31.6. The molecule has 1 spiro atoms. The zero-order valence-corrected chi connectivity index (χ0v) is 25.4. The molecule has 0 bridgehead atoms. The summed E-state index contributed by atoms with van der Waals surface area (Å²) in [7, 11) is 4.21. The van der Waals surface area contributed by atoms with Crippen LogP contribution in [0.1, 0.15) is 53.7 Å². The number of carbonyl (C=O) groups is 3. The standard InChI is InChI=1S/C26H31NO2S.C6H8O7/c1-18-8-4-6-10-22(18)26(28)14-13-25(16-19(26)17-27(2)3)24-21(12-15-29-25)20-9-5-7-11-23(20)30-24;7-3(8)1-6(13,5(11)12)2-4(9)10/h4-11,19,28H,12-17H2,1-3H3;13H,1-2H2,(H,7,8)(H,9,10)(H,11,12). The summed E-state index contributed by atoms with van der Waals surface area (Å²) in [4.78, 5) is 34.1. The molecule has 2 aromatic carbocycles. The molecule has 0 saturated heterocycles. The average molecular weight is 614 g/mol. The lowest BCUT2D eigenvalue weighted by Crippen LogP contribution is -2.52. The molecular weight excluding hydrogens is 574 g/mol. The normalized spacial score (nSPS) is 23.4. The summed E-state index contributed by atoms with van der Waals surface area (Å²) < 4.78 is 7.97. The summed E-state index contributed by atoms with van der Waals surface area (Å²) in [5.41, 5.74) is -0.0964. The first kappa shape index (κ1) is 32.6. The Hall–Kier alpha value is -3.35. The molecule has 11 heteroatoms. The minimum atomic E-state index is -2.74. The van der Waals surface area contributed by atoms with E-state index in [-0.39, 0.29) is 11.5 Å². The molecule has 3 aromatic rings. The van der Waals surface area contributed by atoms with E-state index in [1.807, 2.05) is 11.3 Å². The maximum Gasteiger partial charge on any atom is 0.336 e. The summed E-state index contributed by atoms with van der Waals surface area (Å²) in [5, 5.41) is 47.3. The van der Waals surface area contributed by atoms with Crippen LogP contribution in [0.3, 0.4) is 0 Å². The molecule has 2 aliphatic rings. The van der Waals surface area contributed by atoms with Gasteiger partial charge in [-0.25, -0.2) is 4.79 Å². The zero-order valence-electron chi connectivity index (χ0n) is 24.6. The van der Waals surface area contributed by atoms with E-state index in [0.29, 0.717) is 0 Å². The lowest BCUT2D eigenvalue weighted by atomic mass is 9.64. The quantitative estimate of drug-likeness (QED) is 0.251. The molecular formula is C32H39NO9S. The topological polar surface area (TPSA) is 165 Å². The number of ether oxygens (including phenoxy) is 1. The highest BCUT2D eigenvalue weighted by Crippen LogP contribution is 2.56.